The highest BCUT2D eigenvalue weighted by molar-refractivity contribution is 5.75. The summed E-state index contributed by atoms with van der Waals surface area (Å²) in [5.41, 5.74) is 3.43. The molecule has 1 fully saturated rings. The van der Waals surface area contributed by atoms with Crippen LogP contribution >= 0.6 is 0 Å². The van der Waals surface area contributed by atoms with E-state index in [0.29, 0.717) is 0 Å². The van der Waals surface area contributed by atoms with Crippen molar-refractivity contribution in [1.82, 2.24) is 5.48 Å². The largest absolute Gasteiger partial charge is 0.508 e. The van der Waals surface area contributed by atoms with E-state index in [0.717, 1.165) is 5.56 Å². The molecule has 0 spiro atoms. The van der Waals surface area contributed by atoms with Crippen LogP contribution in [0, 0.1) is 0 Å². The predicted molar refractivity (Wildman–Crippen MR) is 40.8 cm³/mol. The van der Waals surface area contributed by atoms with E-state index in [1.54, 1.807) is 12.1 Å². The summed E-state index contributed by atoms with van der Waals surface area (Å²) in [7, 11) is 0. The van der Waals surface area contributed by atoms with Gasteiger partial charge in [-0.15, -0.1) is 0 Å². The summed E-state index contributed by atoms with van der Waals surface area (Å²) in [5.74, 6) is 0.275. The Labute approximate surface area is 75.1 Å². The zero-order valence-electron chi connectivity index (χ0n) is 5.82. The van der Waals surface area contributed by atoms with Crippen molar-refractivity contribution in [2.24, 2.45) is 0 Å². The molecular formula is C7H7AlNO2. The molecule has 11 heavy (non-hydrogen) atoms. The molecule has 1 saturated heterocycles. The molecule has 2 N–H and O–H groups in total. The van der Waals surface area contributed by atoms with E-state index >= 15 is 0 Å². The van der Waals surface area contributed by atoms with Gasteiger partial charge < -0.3 is 5.11 Å². The lowest BCUT2D eigenvalue weighted by Gasteiger charge is -1.95. The second-order valence-corrected chi connectivity index (χ2v) is 2.17. The molecule has 2 rings (SSSR count). The number of phenolic OH excluding ortho intramolecular Hbond substituents is 1. The molecule has 1 aliphatic rings. The molecule has 0 aromatic heterocycles. The topological polar surface area (TPSA) is 54.7 Å². The van der Waals surface area contributed by atoms with Crippen LogP contribution in [0.5, 0.6) is 5.75 Å². The first kappa shape index (κ1) is 8.57. The van der Waals surface area contributed by atoms with Gasteiger partial charge in [0.2, 0.25) is 0 Å². The minimum absolute atomic E-state index is 0. The molecule has 55 valence electrons. The van der Waals surface area contributed by atoms with Gasteiger partial charge in [-0.25, -0.2) is 0 Å². The Bertz CT molecular complexity index is 250. The van der Waals surface area contributed by atoms with E-state index in [9.17, 15) is 5.11 Å². The van der Waals surface area contributed by atoms with Crippen LogP contribution in [0.2, 0.25) is 0 Å². The average molecular weight is 164 g/mol. The molecule has 0 bridgehead atoms. The molecule has 0 amide bonds. The number of aromatic hydroxyl groups is 1. The highest BCUT2D eigenvalue weighted by atomic mass is 27.0. The normalized spacial score (nSPS) is 20.5. The van der Waals surface area contributed by atoms with Crippen molar-refractivity contribution < 1.29 is 9.94 Å². The van der Waals surface area contributed by atoms with E-state index in [-0.39, 0.29) is 29.3 Å². The third-order valence-corrected chi connectivity index (χ3v) is 1.45. The van der Waals surface area contributed by atoms with Crippen molar-refractivity contribution >= 4 is 17.4 Å². The Hall–Kier alpha value is -0.528. The summed E-state index contributed by atoms with van der Waals surface area (Å²) in [6.07, 6.45) is -0.0961. The molecule has 3 nitrogen and oxygen atoms in total. The lowest BCUT2D eigenvalue weighted by Crippen LogP contribution is -1.83. The molecular weight excluding hydrogens is 157 g/mol. The Kier molecular flexibility index (Phi) is 2.53. The molecule has 0 saturated carbocycles. The van der Waals surface area contributed by atoms with Gasteiger partial charge in [-0.05, 0) is 6.07 Å². The van der Waals surface area contributed by atoms with Crippen LogP contribution in [0.25, 0.3) is 0 Å². The first-order valence-corrected chi connectivity index (χ1v) is 3.07. The maximum absolute atomic E-state index is 9.20. The van der Waals surface area contributed by atoms with Gasteiger partial charge in [0.25, 0.3) is 0 Å². The van der Waals surface area contributed by atoms with Gasteiger partial charge >= 0.3 is 0 Å². The summed E-state index contributed by atoms with van der Waals surface area (Å²) < 4.78 is 0. The van der Waals surface area contributed by atoms with Crippen molar-refractivity contribution in [3.63, 3.8) is 0 Å². The van der Waals surface area contributed by atoms with Crippen molar-refractivity contribution in [3.05, 3.63) is 29.8 Å². The fourth-order valence-corrected chi connectivity index (χ4v) is 0.870. The lowest BCUT2D eigenvalue weighted by molar-refractivity contribution is 0.368. The lowest BCUT2D eigenvalue weighted by atomic mass is 10.2. The summed E-state index contributed by atoms with van der Waals surface area (Å²) >= 11 is 0. The summed E-state index contributed by atoms with van der Waals surface area (Å²) in [6.45, 7) is 0. The number of hydrogen-bond donors (Lipinski definition) is 2. The molecule has 1 heterocycles. The second kappa shape index (κ2) is 3.25. The van der Waals surface area contributed by atoms with Crippen LogP contribution in [0.4, 0.5) is 0 Å². The number of benzene rings is 1. The molecule has 4 heteroatoms. The molecule has 0 aliphatic carbocycles. The van der Waals surface area contributed by atoms with Crippen LogP contribution < -0.4 is 5.48 Å². The van der Waals surface area contributed by atoms with Gasteiger partial charge in [-0.1, -0.05) is 18.2 Å². The Morgan fingerprint density at radius 3 is 2.55 bits per heavy atom. The zero-order chi connectivity index (χ0) is 6.97. The molecule has 3 radical (unpaired) electrons. The second-order valence-electron chi connectivity index (χ2n) is 2.17. The SMILES string of the molecule is Oc1ccccc1C1NO1.[Al]. The molecule has 1 unspecified atom stereocenters. The molecule has 1 atom stereocenters. The van der Waals surface area contributed by atoms with Gasteiger partial charge in [-0.2, -0.15) is 5.48 Å². The predicted octanol–water partition coefficient (Wildman–Crippen LogP) is 0.545. The van der Waals surface area contributed by atoms with Crippen LogP contribution in [0.15, 0.2) is 24.3 Å². The quantitative estimate of drug-likeness (QED) is 0.470. The highest BCUT2D eigenvalue weighted by Crippen LogP contribution is 2.30. The average Bonchev–Trinajstić information content (AvgIpc) is 2.71. The molecule has 1 aromatic rings. The Balaban J connectivity index is 0.000000605. The first-order valence-electron chi connectivity index (χ1n) is 3.07. The van der Waals surface area contributed by atoms with Crippen LogP contribution in [-0.4, -0.2) is 22.5 Å². The van der Waals surface area contributed by atoms with Gasteiger partial charge in [0.1, 0.15) is 5.75 Å². The number of para-hydroxylation sites is 1. The van der Waals surface area contributed by atoms with Gasteiger partial charge in [0, 0.05) is 22.9 Å². The third-order valence-electron chi connectivity index (χ3n) is 1.45. The summed E-state index contributed by atoms with van der Waals surface area (Å²) in [6, 6.07) is 7.10. The minimum atomic E-state index is -0.0961. The highest BCUT2D eigenvalue weighted by Gasteiger charge is 2.26. The van der Waals surface area contributed by atoms with Gasteiger partial charge in [-0.3, -0.25) is 4.84 Å². The molecule has 1 aliphatic heterocycles. The van der Waals surface area contributed by atoms with E-state index in [1.807, 2.05) is 12.1 Å². The standard InChI is InChI=1S/C7H7NO2.Al/c9-6-4-2-1-3-5(6)7-8-10-7;/h1-4,7-9H;. The van der Waals surface area contributed by atoms with Crippen LogP contribution in [0.1, 0.15) is 11.8 Å². The number of hydroxylamine groups is 1. The smallest absolute Gasteiger partial charge is 0.180 e. The summed E-state index contributed by atoms with van der Waals surface area (Å²) in [4.78, 5) is 4.77. The monoisotopic (exact) mass is 164 g/mol. The number of phenols is 1. The number of rotatable bonds is 1. The van der Waals surface area contributed by atoms with Crippen molar-refractivity contribution in [2.75, 3.05) is 0 Å². The van der Waals surface area contributed by atoms with Crippen molar-refractivity contribution in [2.45, 2.75) is 6.23 Å². The van der Waals surface area contributed by atoms with Crippen LogP contribution in [0.3, 0.4) is 0 Å². The Morgan fingerprint density at radius 2 is 2.00 bits per heavy atom. The third kappa shape index (κ3) is 1.73. The van der Waals surface area contributed by atoms with Crippen molar-refractivity contribution in [1.29, 1.82) is 0 Å². The fraction of sp³-hybridized carbons (Fsp3) is 0.143. The number of hydrogen-bond acceptors (Lipinski definition) is 3. The maximum Gasteiger partial charge on any atom is 0.180 e. The van der Waals surface area contributed by atoms with Crippen LogP contribution in [-0.2, 0) is 4.84 Å². The van der Waals surface area contributed by atoms with E-state index in [1.165, 1.54) is 0 Å². The number of nitrogens with one attached hydrogen (secondary N) is 1. The van der Waals surface area contributed by atoms with E-state index in [2.05, 4.69) is 5.48 Å². The van der Waals surface area contributed by atoms with Crippen molar-refractivity contribution in [3.8, 4) is 5.75 Å². The van der Waals surface area contributed by atoms with E-state index in [4.69, 9.17) is 4.84 Å². The van der Waals surface area contributed by atoms with Gasteiger partial charge in [0.05, 0.1) is 0 Å². The first-order chi connectivity index (χ1) is 4.88. The fourth-order valence-electron chi connectivity index (χ4n) is 0.870. The molecule has 1 aromatic carbocycles. The minimum Gasteiger partial charge on any atom is -0.508 e. The zero-order valence-corrected chi connectivity index (χ0v) is 6.97. The summed E-state index contributed by atoms with van der Waals surface area (Å²) in [5, 5.41) is 9.20. The Morgan fingerprint density at radius 1 is 1.36 bits per heavy atom. The maximum atomic E-state index is 9.20. The van der Waals surface area contributed by atoms with E-state index < -0.39 is 0 Å². The van der Waals surface area contributed by atoms with Gasteiger partial charge in [0.15, 0.2) is 6.23 Å².